The van der Waals surface area contributed by atoms with Crippen molar-refractivity contribution in [3.63, 3.8) is 0 Å². The third-order valence-corrected chi connectivity index (χ3v) is 1.99. The Bertz CT molecular complexity index is 206. The van der Waals surface area contributed by atoms with Gasteiger partial charge in [0.2, 0.25) is 0 Å². The highest BCUT2D eigenvalue weighted by molar-refractivity contribution is 5.63. The van der Waals surface area contributed by atoms with Gasteiger partial charge in [-0.1, -0.05) is 13.8 Å². The average Bonchev–Trinajstić information content (AvgIpc) is 2.32. The summed E-state index contributed by atoms with van der Waals surface area (Å²) in [6, 6.07) is 0. The third kappa shape index (κ3) is 2.10. The van der Waals surface area contributed by atoms with Crippen LogP contribution in [0.2, 0.25) is 0 Å². The summed E-state index contributed by atoms with van der Waals surface area (Å²) in [6.45, 7) is 6.15. The molecule has 1 unspecified atom stereocenters. The van der Waals surface area contributed by atoms with E-state index in [0.717, 1.165) is 19.1 Å². The van der Waals surface area contributed by atoms with E-state index in [2.05, 4.69) is 13.8 Å². The number of hydrogen-bond acceptors (Lipinski definition) is 2. The lowest BCUT2D eigenvalue weighted by atomic mass is 9.95. The van der Waals surface area contributed by atoms with Crippen LogP contribution in [-0.4, -0.2) is 11.9 Å². The highest BCUT2D eigenvalue weighted by atomic mass is 16.5. The van der Waals surface area contributed by atoms with Crippen molar-refractivity contribution in [1.29, 1.82) is 0 Å². The largest absolute Gasteiger partial charge is 0.487 e. The van der Waals surface area contributed by atoms with Crippen LogP contribution in [0.5, 0.6) is 0 Å². The summed E-state index contributed by atoms with van der Waals surface area (Å²) in [5.41, 5.74) is 0.670. The van der Waals surface area contributed by atoms with Gasteiger partial charge >= 0.3 is 0 Å². The first kappa shape index (κ1) is 9.30. The SMILES string of the molecule is CC(C)CC1=COC(C)(C=O)C1. The van der Waals surface area contributed by atoms with Gasteiger partial charge in [0.1, 0.15) is 0 Å². The highest BCUT2D eigenvalue weighted by Crippen LogP contribution is 2.30. The summed E-state index contributed by atoms with van der Waals surface area (Å²) in [6.07, 6.45) is 4.42. The Labute approximate surface area is 73.6 Å². The lowest BCUT2D eigenvalue weighted by Gasteiger charge is -2.15. The number of aldehydes is 1. The lowest BCUT2D eigenvalue weighted by Crippen LogP contribution is -2.24. The van der Waals surface area contributed by atoms with Gasteiger partial charge in [-0.3, -0.25) is 4.79 Å². The van der Waals surface area contributed by atoms with Crippen LogP contribution in [0.15, 0.2) is 11.8 Å². The molecule has 0 bridgehead atoms. The van der Waals surface area contributed by atoms with Crippen molar-refractivity contribution in [3.8, 4) is 0 Å². The topological polar surface area (TPSA) is 26.3 Å². The molecule has 12 heavy (non-hydrogen) atoms. The van der Waals surface area contributed by atoms with E-state index >= 15 is 0 Å². The molecule has 1 atom stereocenters. The van der Waals surface area contributed by atoms with Crippen LogP contribution >= 0.6 is 0 Å². The first-order valence-electron chi connectivity index (χ1n) is 4.38. The molecule has 0 aromatic carbocycles. The van der Waals surface area contributed by atoms with Crippen LogP contribution in [-0.2, 0) is 9.53 Å². The van der Waals surface area contributed by atoms with Crippen molar-refractivity contribution >= 4 is 6.29 Å². The number of hydrogen-bond donors (Lipinski definition) is 0. The molecule has 0 aromatic rings. The summed E-state index contributed by atoms with van der Waals surface area (Å²) in [5, 5.41) is 0. The van der Waals surface area contributed by atoms with Crippen molar-refractivity contribution < 1.29 is 9.53 Å². The van der Waals surface area contributed by atoms with Crippen molar-refractivity contribution in [2.75, 3.05) is 0 Å². The van der Waals surface area contributed by atoms with Gasteiger partial charge in [0.15, 0.2) is 11.9 Å². The number of ether oxygens (including phenoxy) is 1. The van der Waals surface area contributed by atoms with Gasteiger partial charge in [0, 0.05) is 6.42 Å². The molecule has 1 aliphatic heterocycles. The molecule has 0 fully saturated rings. The minimum atomic E-state index is -0.579. The molecule has 68 valence electrons. The Morgan fingerprint density at radius 1 is 1.75 bits per heavy atom. The van der Waals surface area contributed by atoms with Crippen molar-refractivity contribution in [3.05, 3.63) is 11.8 Å². The van der Waals surface area contributed by atoms with Gasteiger partial charge in [-0.25, -0.2) is 0 Å². The van der Waals surface area contributed by atoms with E-state index in [1.807, 2.05) is 6.92 Å². The second-order valence-electron chi connectivity index (χ2n) is 4.10. The van der Waals surface area contributed by atoms with Gasteiger partial charge in [0.05, 0.1) is 6.26 Å². The molecule has 0 spiro atoms. The quantitative estimate of drug-likeness (QED) is 0.604. The lowest BCUT2D eigenvalue weighted by molar-refractivity contribution is -0.121. The Hall–Kier alpha value is -0.790. The van der Waals surface area contributed by atoms with Crippen molar-refractivity contribution in [2.24, 2.45) is 5.92 Å². The van der Waals surface area contributed by atoms with E-state index in [1.165, 1.54) is 5.57 Å². The second kappa shape index (κ2) is 3.30. The van der Waals surface area contributed by atoms with E-state index in [1.54, 1.807) is 6.26 Å². The zero-order valence-corrected chi connectivity index (χ0v) is 7.96. The van der Waals surface area contributed by atoms with Gasteiger partial charge in [-0.05, 0) is 24.8 Å². The molecule has 0 saturated carbocycles. The molecule has 1 heterocycles. The fourth-order valence-electron chi connectivity index (χ4n) is 1.47. The zero-order chi connectivity index (χ0) is 9.19. The molecule has 2 heteroatoms. The molecule has 0 radical (unpaired) electrons. The predicted octanol–water partition coefficient (Wildman–Crippen LogP) is 2.29. The highest BCUT2D eigenvalue weighted by Gasteiger charge is 2.31. The monoisotopic (exact) mass is 168 g/mol. The zero-order valence-electron chi connectivity index (χ0n) is 7.96. The smallest absolute Gasteiger partial charge is 0.164 e. The van der Waals surface area contributed by atoms with E-state index in [0.29, 0.717) is 5.92 Å². The summed E-state index contributed by atoms with van der Waals surface area (Å²) in [7, 11) is 0. The Kier molecular flexibility index (Phi) is 2.55. The summed E-state index contributed by atoms with van der Waals surface area (Å²) in [4.78, 5) is 10.6. The molecular formula is C10H16O2. The molecule has 2 nitrogen and oxygen atoms in total. The summed E-state index contributed by atoms with van der Waals surface area (Å²) in [5.74, 6) is 0.633. The summed E-state index contributed by atoms with van der Waals surface area (Å²) < 4.78 is 5.27. The van der Waals surface area contributed by atoms with Gasteiger partial charge < -0.3 is 4.74 Å². The minimum absolute atomic E-state index is 0.579. The third-order valence-electron chi connectivity index (χ3n) is 1.99. The van der Waals surface area contributed by atoms with E-state index in [9.17, 15) is 4.79 Å². The van der Waals surface area contributed by atoms with E-state index in [4.69, 9.17) is 4.74 Å². The molecule has 0 aromatic heterocycles. The fourth-order valence-corrected chi connectivity index (χ4v) is 1.47. The Morgan fingerprint density at radius 3 is 2.83 bits per heavy atom. The molecule has 1 aliphatic rings. The predicted molar refractivity (Wildman–Crippen MR) is 47.7 cm³/mol. The van der Waals surface area contributed by atoms with Crippen LogP contribution in [0.4, 0.5) is 0 Å². The maximum atomic E-state index is 10.6. The average molecular weight is 168 g/mol. The fraction of sp³-hybridized carbons (Fsp3) is 0.700. The molecule has 1 rings (SSSR count). The minimum Gasteiger partial charge on any atom is -0.487 e. The van der Waals surface area contributed by atoms with Crippen LogP contribution in [0, 0.1) is 5.92 Å². The van der Waals surface area contributed by atoms with Crippen LogP contribution in [0.3, 0.4) is 0 Å². The number of rotatable bonds is 3. The van der Waals surface area contributed by atoms with Gasteiger partial charge in [0.25, 0.3) is 0 Å². The molecule has 0 aliphatic carbocycles. The first-order valence-corrected chi connectivity index (χ1v) is 4.38. The Balaban J connectivity index is 2.48. The first-order chi connectivity index (χ1) is 5.56. The number of carbonyl (C=O) groups excluding carboxylic acids is 1. The van der Waals surface area contributed by atoms with Crippen LogP contribution < -0.4 is 0 Å². The van der Waals surface area contributed by atoms with Crippen molar-refractivity contribution in [1.82, 2.24) is 0 Å². The van der Waals surface area contributed by atoms with E-state index in [-0.39, 0.29) is 0 Å². The summed E-state index contributed by atoms with van der Waals surface area (Å²) >= 11 is 0. The molecule has 0 saturated heterocycles. The molecular weight excluding hydrogens is 152 g/mol. The van der Waals surface area contributed by atoms with Gasteiger partial charge in [-0.2, -0.15) is 0 Å². The van der Waals surface area contributed by atoms with Crippen LogP contribution in [0.25, 0.3) is 0 Å². The molecule has 0 amide bonds. The molecule has 0 N–H and O–H groups in total. The maximum absolute atomic E-state index is 10.6. The number of carbonyl (C=O) groups is 1. The van der Waals surface area contributed by atoms with E-state index < -0.39 is 5.60 Å². The van der Waals surface area contributed by atoms with Crippen LogP contribution in [0.1, 0.15) is 33.6 Å². The normalized spacial score (nSPS) is 28.5. The Morgan fingerprint density at radius 2 is 2.42 bits per heavy atom. The second-order valence-corrected chi connectivity index (χ2v) is 4.10. The van der Waals surface area contributed by atoms with Crippen molar-refractivity contribution in [2.45, 2.75) is 39.2 Å². The maximum Gasteiger partial charge on any atom is 0.164 e. The van der Waals surface area contributed by atoms with Gasteiger partial charge in [-0.15, -0.1) is 0 Å². The standard InChI is InChI=1S/C10H16O2/c1-8(2)4-9-5-10(3,7-11)12-6-9/h6-8H,4-5H2,1-3H3.